The second kappa shape index (κ2) is 10.1. The van der Waals surface area contributed by atoms with Crippen molar-refractivity contribution >= 4 is 22.6 Å². The van der Waals surface area contributed by atoms with E-state index >= 15 is 0 Å². The van der Waals surface area contributed by atoms with Gasteiger partial charge in [-0.2, -0.15) is 0 Å². The minimum absolute atomic E-state index is 0.0457. The lowest BCUT2D eigenvalue weighted by molar-refractivity contribution is -0.136. The van der Waals surface area contributed by atoms with Crippen molar-refractivity contribution < 1.29 is 4.79 Å². The Balaban J connectivity index is 1.25. The molecular weight excluding hydrogens is 448 g/mol. The van der Waals surface area contributed by atoms with Crippen LogP contribution in [0.4, 0.5) is 5.95 Å². The van der Waals surface area contributed by atoms with Gasteiger partial charge in [0, 0.05) is 48.6 Å². The van der Waals surface area contributed by atoms with Crippen LogP contribution in [-0.2, 0) is 4.79 Å². The Labute approximate surface area is 212 Å². The minimum Gasteiger partial charge on any atom is -0.352 e. The predicted octanol–water partition coefficient (Wildman–Crippen LogP) is 5.69. The van der Waals surface area contributed by atoms with Crippen LogP contribution in [0.2, 0.25) is 0 Å². The van der Waals surface area contributed by atoms with Crippen LogP contribution in [0.3, 0.4) is 0 Å². The highest BCUT2D eigenvalue weighted by atomic mass is 16.2. The molecule has 186 valence electrons. The molecule has 1 aliphatic rings. The van der Waals surface area contributed by atoms with E-state index in [1.54, 1.807) is 0 Å². The van der Waals surface area contributed by atoms with Gasteiger partial charge in [-0.3, -0.25) is 4.79 Å². The summed E-state index contributed by atoms with van der Waals surface area (Å²) in [6.07, 6.45) is 7.65. The van der Waals surface area contributed by atoms with Crippen molar-refractivity contribution in [3.8, 4) is 22.4 Å². The van der Waals surface area contributed by atoms with Crippen molar-refractivity contribution in [2.24, 2.45) is 11.8 Å². The van der Waals surface area contributed by atoms with Crippen LogP contribution in [0.25, 0.3) is 33.2 Å². The lowest BCUT2D eigenvalue weighted by Crippen LogP contribution is -2.43. The molecule has 0 spiro atoms. The van der Waals surface area contributed by atoms with E-state index in [0.29, 0.717) is 18.4 Å². The fraction of sp³-hybridized carbons (Fsp3) is 0.379. The molecule has 3 heterocycles. The number of fused-ring (bicyclic) bond motifs is 1. The number of aryl methyl sites for hydroxylation is 1. The fourth-order valence-electron chi connectivity index (χ4n) is 4.82. The largest absolute Gasteiger partial charge is 0.352 e. The van der Waals surface area contributed by atoms with Gasteiger partial charge in [0.2, 0.25) is 11.9 Å². The number of H-pyrrole nitrogens is 1. The Morgan fingerprint density at radius 1 is 1.00 bits per heavy atom. The van der Waals surface area contributed by atoms with E-state index in [-0.39, 0.29) is 17.9 Å². The van der Waals surface area contributed by atoms with Gasteiger partial charge in [0.25, 0.3) is 0 Å². The highest BCUT2D eigenvalue weighted by molar-refractivity contribution is 5.90. The van der Waals surface area contributed by atoms with E-state index in [0.717, 1.165) is 53.0 Å². The minimum atomic E-state index is 0.0457. The number of aromatic amines is 1. The van der Waals surface area contributed by atoms with Gasteiger partial charge >= 0.3 is 0 Å². The summed E-state index contributed by atoms with van der Waals surface area (Å²) in [5.74, 6) is 2.15. The van der Waals surface area contributed by atoms with E-state index in [2.05, 4.69) is 75.5 Å². The lowest BCUT2D eigenvalue weighted by Gasteiger charge is -2.29. The van der Waals surface area contributed by atoms with E-state index in [4.69, 9.17) is 0 Å². The number of hydrogen-bond acceptors (Lipinski definition) is 5. The summed E-state index contributed by atoms with van der Waals surface area (Å²) < 4.78 is 0. The number of rotatable bonds is 7. The van der Waals surface area contributed by atoms with Gasteiger partial charge in [-0.05, 0) is 54.2 Å². The standard InChI is InChI=1S/C29H34N6O/c1-18(2)19(3)28(36)35-11-5-6-26(35)16-33-29-31-14-25(15-32-29)23-8-7-22-13-24(10-9-21(22)12-23)27-17-30-20(4)34-27/h7-10,12-15,17-19,26H,5-6,11,16H2,1-4H3,(H,30,34)(H,31,32,33)/t19-,26-/m0/s1. The highest BCUT2D eigenvalue weighted by Gasteiger charge is 2.32. The van der Waals surface area contributed by atoms with Gasteiger partial charge in [-0.15, -0.1) is 0 Å². The monoisotopic (exact) mass is 482 g/mol. The SMILES string of the molecule is Cc1ncc(-c2ccc3cc(-c4cnc(NC[C@@H]5CCCN5C(=O)[C@@H](C)C(C)C)nc4)ccc3c2)[nH]1. The number of nitrogens with one attached hydrogen (secondary N) is 2. The number of likely N-dealkylation sites (tertiary alicyclic amines) is 1. The van der Waals surface area contributed by atoms with E-state index in [1.165, 1.54) is 5.39 Å². The van der Waals surface area contributed by atoms with Crippen molar-refractivity contribution in [3.05, 3.63) is 60.8 Å². The summed E-state index contributed by atoms with van der Waals surface area (Å²) >= 11 is 0. The van der Waals surface area contributed by atoms with Crippen molar-refractivity contribution in [2.75, 3.05) is 18.4 Å². The highest BCUT2D eigenvalue weighted by Crippen LogP contribution is 2.28. The third-order valence-electron chi connectivity index (χ3n) is 7.38. The van der Waals surface area contributed by atoms with Crippen molar-refractivity contribution in [3.63, 3.8) is 0 Å². The number of amides is 1. The topological polar surface area (TPSA) is 86.8 Å². The first-order valence-electron chi connectivity index (χ1n) is 12.8. The van der Waals surface area contributed by atoms with Gasteiger partial charge < -0.3 is 15.2 Å². The maximum Gasteiger partial charge on any atom is 0.225 e. The molecular formula is C29H34N6O. The van der Waals surface area contributed by atoms with Crippen LogP contribution in [0.5, 0.6) is 0 Å². The van der Waals surface area contributed by atoms with Crippen LogP contribution < -0.4 is 5.32 Å². The van der Waals surface area contributed by atoms with Gasteiger partial charge in [0.15, 0.2) is 0 Å². The smallest absolute Gasteiger partial charge is 0.225 e. The summed E-state index contributed by atoms with van der Waals surface area (Å²) in [4.78, 5) is 31.6. The Bertz CT molecular complexity index is 1360. The molecule has 0 aliphatic carbocycles. The van der Waals surface area contributed by atoms with Crippen molar-refractivity contribution in [1.82, 2.24) is 24.8 Å². The lowest BCUT2D eigenvalue weighted by atomic mass is 9.96. The number of carbonyl (C=O) groups is 1. The Morgan fingerprint density at radius 2 is 1.69 bits per heavy atom. The molecule has 1 amide bonds. The van der Waals surface area contributed by atoms with E-state index in [1.807, 2.05) is 37.3 Å². The van der Waals surface area contributed by atoms with Gasteiger partial charge in [-0.25, -0.2) is 15.0 Å². The number of nitrogens with zero attached hydrogens (tertiary/aromatic N) is 4. The molecule has 0 unspecified atom stereocenters. The molecule has 2 aromatic carbocycles. The number of carbonyl (C=O) groups excluding carboxylic acids is 1. The summed E-state index contributed by atoms with van der Waals surface area (Å²) in [5.41, 5.74) is 4.19. The molecule has 7 heteroatoms. The first-order chi connectivity index (χ1) is 17.4. The average molecular weight is 483 g/mol. The zero-order valence-electron chi connectivity index (χ0n) is 21.5. The maximum absolute atomic E-state index is 12.9. The van der Waals surface area contributed by atoms with Crippen LogP contribution in [0.1, 0.15) is 39.4 Å². The quantitative estimate of drug-likeness (QED) is 0.353. The van der Waals surface area contributed by atoms with Gasteiger partial charge in [-0.1, -0.05) is 45.0 Å². The average Bonchev–Trinajstić information content (AvgIpc) is 3.55. The molecule has 0 radical (unpaired) electrons. The molecule has 2 aromatic heterocycles. The number of anilines is 1. The summed E-state index contributed by atoms with van der Waals surface area (Å²) in [6, 6.07) is 13.0. The second-order valence-electron chi connectivity index (χ2n) is 10.2. The van der Waals surface area contributed by atoms with E-state index in [9.17, 15) is 4.79 Å². The van der Waals surface area contributed by atoms with Gasteiger partial charge in [0.05, 0.1) is 11.9 Å². The van der Waals surface area contributed by atoms with Crippen LogP contribution in [-0.4, -0.2) is 49.9 Å². The predicted molar refractivity (Wildman–Crippen MR) is 145 cm³/mol. The van der Waals surface area contributed by atoms with Crippen LogP contribution in [0, 0.1) is 18.8 Å². The second-order valence-corrected chi connectivity index (χ2v) is 10.2. The normalized spacial score (nSPS) is 16.6. The fourth-order valence-corrected chi connectivity index (χ4v) is 4.82. The molecule has 2 atom stereocenters. The number of aromatic nitrogens is 4. The number of imidazole rings is 1. The van der Waals surface area contributed by atoms with Crippen LogP contribution in [0.15, 0.2) is 55.0 Å². The summed E-state index contributed by atoms with van der Waals surface area (Å²) in [6.45, 7) is 9.71. The van der Waals surface area contributed by atoms with Gasteiger partial charge in [0.1, 0.15) is 5.82 Å². The zero-order chi connectivity index (χ0) is 25.2. The molecule has 2 N–H and O–H groups in total. The third kappa shape index (κ3) is 4.96. The Morgan fingerprint density at radius 3 is 2.36 bits per heavy atom. The molecule has 1 fully saturated rings. The van der Waals surface area contributed by atoms with Crippen molar-refractivity contribution in [1.29, 1.82) is 0 Å². The molecule has 4 aromatic rings. The molecule has 0 bridgehead atoms. The van der Waals surface area contributed by atoms with Crippen LogP contribution >= 0.6 is 0 Å². The Kier molecular flexibility index (Phi) is 6.72. The summed E-state index contributed by atoms with van der Waals surface area (Å²) in [5, 5.41) is 5.68. The molecule has 7 nitrogen and oxygen atoms in total. The molecule has 1 saturated heterocycles. The number of hydrogen-bond donors (Lipinski definition) is 2. The maximum atomic E-state index is 12.9. The first-order valence-corrected chi connectivity index (χ1v) is 12.8. The third-order valence-corrected chi connectivity index (χ3v) is 7.38. The van der Waals surface area contributed by atoms with Crippen molar-refractivity contribution in [2.45, 2.75) is 46.6 Å². The molecule has 5 rings (SSSR count). The molecule has 0 saturated carbocycles. The van der Waals surface area contributed by atoms with E-state index < -0.39 is 0 Å². The first kappa shape index (κ1) is 24.0. The zero-order valence-corrected chi connectivity index (χ0v) is 21.5. The molecule has 36 heavy (non-hydrogen) atoms. The Hall–Kier alpha value is -3.74. The summed E-state index contributed by atoms with van der Waals surface area (Å²) in [7, 11) is 0. The molecule has 1 aliphatic heterocycles. The number of benzene rings is 2.